The van der Waals surface area contributed by atoms with Crippen molar-refractivity contribution in [2.45, 2.75) is 0 Å². The van der Waals surface area contributed by atoms with Gasteiger partial charge in [0.15, 0.2) is 0 Å². The first-order valence-electron chi connectivity index (χ1n) is 2.34. The third kappa shape index (κ3) is 16.1. The Bertz CT molecular complexity index is 120. The summed E-state index contributed by atoms with van der Waals surface area (Å²) in [6.45, 7) is 0. The first-order chi connectivity index (χ1) is 4.50. The van der Waals surface area contributed by atoms with Gasteiger partial charge in [-0.2, -0.15) is 18.2 Å². The normalized spacial score (nSPS) is 10.0. The van der Waals surface area contributed by atoms with Crippen LogP contribution in [0.2, 0.25) is 0 Å². The van der Waals surface area contributed by atoms with E-state index >= 15 is 0 Å². The van der Waals surface area contributed by atoms with Crippen LogP contribution in [0.4, 0.5) is 0 Å². The monoisotopic (exact) mass is 298 g/mol. The summed E-state index contributed by atoms with van der Waals surface area (Å²) in [5, 5.41) is 0. The third-order valence-corrected chi connectivity index (χ3v) is 0.556. The minimum Gasteiger partial charge on any atom is -0.214 e. The van der Waals surface area contributed by atoms with Gasteiger partial charge < -0.3 is 0 Å². The maximum absolute atomic E-state index is 5.03. The van der Waals surface area contributed by atoms with Crippen molar-refractivity contribution in [1.82, 2.24) is 0 Å². The number of hydrogen-bond donors (Lipinski definition) is 0. The smallest absolute Gasteiger partial charge is 0.172 e. The Morgan fingerprint density at radius 3 is 1.30 bits per heavy atom. The first-order valence-corrected chi connectivity index (χ1v) is 13.7. The van der Waals surface area contributed by atoms with E-state index in [4.69, 9.17) is 36.8 Å². The van der Waals surface area contributed by atoms with Crippen molar-refractivity contribution in [2.75, 3.05) is 0 Å². The maximum atomic E-state index is 5.03. The van der Waals surface area contributed by atoms with Crippen molar-refractivity contribution in [2.24, 2.45) is 0 Å². The van der Waals surface area contributed by atoms with Crippen LogP contribution in [0.25, 0.3) is 0 Å². The molecule has 5 heteroatoms. The van der Waals surface area contributed by atoms with Gasteiger partial charge in [-0.05, 0) is 0 Å². The molecule has 0 nitrogen and oxygen atoms in total. The van der Waals surface area contributed by atoms with Gasteiger partial charge in [-0.1, -0.05) is 0 Å². The summed E-state index contributed by atoms with van der Waals surface area (Å²) in [5.74, 6) is 0. The van der Waals surface area contributed by atoms with Gasteiger partial charge >= 0.3 is 49.6 Å². The molecule has 0 unspecified atom stereocenters. The topological polar surface area (TPSA) is 0 Å². The molecule has 1 rings (SSSR count). The molecule has 0 aromatic heterocycles. The van der Waals surface area contributed by atoms with E-state index in [1.807, 2.05) is 30.3 Å². The second-order valence-electron chi connectivity index (χ2n) is 1.35. The van der Waals surface area contributed by atoms with Gasteiger partial charge in [0.25, 0.3) is 0 Å². The van der Waals surface area contributed by atoms with Crippen molar-refractivity contribution in [3.05, 3.63) is 30.3 Å². The van der Waals surface area contributed by atoms with E-state index in [0.29, 0.717) is 0 Å². The van der Waals surface area contributed by atoms with Crippen LogP contribution in [0, 0.1) is 0 Å². The van der Waals surface area contributed by atoms with Crippen LogP contribution < -0.4 is 0 Å². The van der Waals surface area contributed by atoms with Crippen molar-refractivity contribution in [3.63, 3.8) is 0 Å². The fraction of sp³-hybridized carbons (Fsp3) is 0. The molecular weight excluding hydrogens is 295 g/mol. The van der Waals surface area contributed by atoms with E-state index in [1.54, 1.807) is 0 Å². The SMILES string of the molecule is [Cl][Nb]([Cl])([Cl])[Cl].c1cc[cH-]c1. The fourth-order valence-corrected chi connectivity index (χ4v) is 0.321. The summed E-state index contributed by atoms with van der Waals surface area (Å²) in [6, 6.07) is 10.0. The molecule has 0 fully saturated rings. The second kappa shape index (κ2) is 5.84. The first kappa shape index (κ1) is 11.3. The zero-order valence-corrected chi connectivity index (χ0v) is 10.1. The molecule has 0 aliphatic heterocycles. The molecule has 0 radical (unpaired) electrons. The Labute approximate surface area is 79.2 Å². The molecule has 1 aromatic rings. The molecule has 1 aromatic carbocycles. The Morgan fingerprint density at radius 1 is 0.900 bits per heavy atom. The molecule has 0 bridgehead atoms. The fourth-order valence-electron chi connectivity index (χ4n) is 0.321. The van der Waals surface area contributed by atoms with E-state index in [-0.39, 0.29) is 0 Å². The van der Waals surface area contributed by atoms with Crippen molar-refractivity contribution in [1.29, 1.82) is 0 Å². The van der Waals surface area contributed by atoms with E-state index in [9.17, 15) is 0 Å². The molecule has 59 valence electrons. The Morgan fingerprint density at radius 2 is 1.20 bits per heavy atom. The zero-order chi connectivity index (χ0) is 8.04. The predicted octanol–water partition coefficient (Wildman–Crippen LogP) is 4.16. The predicted molar refractivity (Wildman–Crippen MR) is 45.4 cm³/mol. The van der Waals surface area contributed by atoms with Crippen LogP contribution in [0.15, 0.2) is 30.3 Å². The molecule has 10 heavy (non-hydrogen) atoms. The molecule has 0 amide bonds. The van der Waals surface area contributed by atoms with E-state index in [2.05, 4.69) is 0 Å². The molecule has 0 spiro atoms. The minimum atomic E-state index is -3.21. The zero-order valence-electron chi connectivity index (χ0n) is 4.85. The van der Waals surface area contributed by atoms with Crippen molar-refractivity contribution >= 4 is 36.8 Å². The number of halogens is 4. The Kier molecular flexibility index (Phi) is 6.58. The second-order valence-corrected chi connectivity index (χ2v) is 21.4. The molecule has 0 atom stereocenters. The van der Waals surface area contributed by atoms with E-state index in [0.717, 1.165) is 0 Å². The van der Waals surface area contributed by atoms with Gasteiger partial charge in [-0.15, -0.1) is 0 Å². The van der Waals surface area contributed by atoms with Crippen LogP contribution in [0.3, 0.4) is 0 Å². The van der Waals surface area contributed by atoms with Gasteiger partial charge in [-0.3, -0.25) is 0 Å². The largest absolute Gasteiger partial charge is 0.214 e. The number of hydrogen-bond acceptors (Lipinski definition) is 0. The summed E-state index contributed by atoms with van der Waals surface area (Å²) in [7, 11) is 20.1. The maximum Gasteiger partial charge on any atom is -0.172 e. The van der Waals surface area contributed by atoms with Gasteiger partial charge in [0.1, 0.15) is 0 Å². The van der Waals surface area contributed by atoms with Crippen molar-refractivity contribution in [3.8, 4) is 0 Å². The average Bonchev–Trinajstić information content (AvgIpc) is 2.07. The molecule has 0 heterocycles. The van der Waals surface area contributed by atoms with E-state index < -0.39 is 12.8 Å². The quantitative estimate of drug-likeness (QED) is 0.498. The van der Waals surface area contributed by atoms with Crippen LogP contribution in [-0.4, -0.2) is 0 Å². The van der Waals surface area contributed by atoms with Gasteiger partial charge in [0, 0.05) is 0 Å². The van der Waals surface area contributed by atoms with Crippen LogP contribution >= 0.6 is 36.8 Å². The average molecular weight is 300 g/mol. The van der Waals surface area contributed by atoms with Gasteiger partial charge in [-0.25, -0.2) is 12.1 Å². The molecule has 0 aliphatic rings. The molecule has 0 saturated heterocycles. The summed E-state index contributed by atoms with van der Waals surface area (Å²) in [4.78, 5) is 0. The summed E-state index contributed by atoms with van der Waals surface area (Å²) in [5.41, 5.74) is 0. The summed E-state index contributed by atoms with van der Waals surface area (Å²) >= 11 is -3.21. The Balaban J connectivity index is 0.000000162. The summed E-state index contributed by atoms with van der Waals surface area (Å²) in [6.07, 6.45) is 0. The van der Waals surface area contributed by atoms with E-state index in [1.165, 1.54) is 0 Å². The van der Waals surface area contributed by atoms with Gasteiger partial charge in [0.2, 0.25) is 0 Å². The number of rotatable bonds is 0. The van der Waals surface area contributed by atoms with Gasteiger partial charge in [0.05, 0.1) is 0 Å². The molecule has 0 saturated carbocycles. The van der Waals surface area contributed by atoms with Crippen LogP contribution in [0.5, 0.6) is 0 Å². The minimum absolute atomic E-state index is 2.00. The van der Waals surface area contributed by atoms with Crippen LogP contribution in [0.1, 0.15) is 0 Å². The molecule has 0 aliphatic carbocycles. The Hall–Kier alpha value is 1.25. The molecule has 0 N–H and O–H groups in total. The third-order valence-electron chi connectivity index (χ3n) is 0.556. The van der Waals surface area contributed by atoms with Crippen molar-refractivity contribution < 1.29 is 12.8 Å². The summed E-state index contributed by atoms with van der Waals surface area (Å²) < 4.78 is 0. The standard InChI is InChI=1S/C5H5.4ClH.Nb/c1-2-4-5-3-1;;;;;/h1-5H;4*1H;/q-1;;;;;+4/p-4. The molecular formula is C5H5Cl4Nb-. The van der Waals surface area contributed by atoms with Crippen LogP contribution in [-0.2, 0) is 12.8 Å².